The van der Waals surface area contributed by atoms with Crippen molar-refractivity contribution in [2.45, 2.75) is 13.5 Å². The Morgan fingerprint density at radius 1 is 0.909 bits per heavy atom. The number of hydrogen-bond donors (Lipinski definition) is 1. The van der Waals surface area contributed by atoms with Gasteiger partial charge in [-0.1, -0.05) is 30.3 Å². The maximum Gasteiger partial charge on any atom is 0.251 e. The van der Waals surface area contributed by atoms with E-state index in [0.717, 1.165) is 39.2 Å². The number of carbonyl (C=O) groups excluding carboxylic acids is 1. The van der Waals surface area contributed by atoms with Crippen LogP contribution in [0.4, 0.5) is 0 Å². The van der Waals surface area contributed by atoms with Gasteiger partial charge >= 0.3 is 0 Å². The van der Waals surface area contributed by atoms with Crippen LogP contribution in [0, 0.1) is 0 Å². The number of aromatic nitrogens is 1. The molecule has 33 heavy (non-hydrogen) atoms. The highest BCUT2D eigenvalue weighted by atomic mass is 16.5. The molecule has 1 heterocycles. The monoisotopic (exact) mass is 442 g/mol. The maximum absolute atomic E-state index is 12.9. The number of nitrogens with one attached hydrogen (secondary N) is 1. The number of rotatable bonds is 8. The standard InChI is InChI=1S/C27H26N2O4/c1-4-33-26-16-24(18-9-7-10-21(14-18)31-2)29-23-13-12-19(15-22(23)26)27(30)28-17-20-8-5-6-11-25(20)32-3/h5-16H,4,17H2,1-3H3,(H,28,30). The van der Waals surface area contributed by atoms with Gasteiger partial charge in [0.15, 0.2) is 0 Å². The van der Waals surface area contributed by atoms with Gasteiger partial charge in [-0.25, -0.2) is 4.98 Å². The summed E-state index contributed by atoms with van der Waals surface area (Å²) in [7, 11) is 3.25. The summed E-state index contributed by atoms with van der Waals surface area (Å²) < 4.78 is 16.6. The second-order valence-corrected chi connectivity index (χ2v) is 7.40. The molecule has 0 atom stereocenters. The predicted molar refractivity (Wildman–Crippen MR) is 129 cm³/mol. The number of ether oxygens (including phenoxy) is 3. The molecule has 0 unspecified atom stereocenters. The van der Waals surface area contributed by atoms with Gasteiger partial charge in [0.25, 0.3) is 5.91 Å². The number of benzene rings is 3. The Balaban J connectivity index is 1.64. The minimum atomic E-state index is -0.179. The van der Waals surface area contributed by atoms with E-state index in [9.17, 15) is 4.79 Å². The van der Waals surface area contributed by atoms with Crippen molar-refractivity contribution in [1.82, 2.24) is 10.3 Å². The van der Waals surface area contributed by atoms with Gasteiger partial charge in [0.1, 0.15) is 17.2 Å². The van der Waals surface area contributed by atoms with Crippen LogP contribution in [0.5, 0.6) is 17.2 Å². The van der Waals surface area contributed by atoms with E-state index in [1.54, 1.807) is 20.3 Å². The summed E-state index contributed by atoms with van der Waals surface area (Å²) in [4.78, 5) is 17.7. The Kier molecular flexibility index (Phi) is 6.74. The van der Waals surface area contributed by atoms with Gasteiger partial charge in [0, 0.05) is 34.7 Å². The Morgan fingerprint density at radius 2 is 1.76 bits per heavy atom. The zero-order valence-electron chi connectivity index (χ0n) is 18.9. The van der Waals surface area contributed by atoms with Crippen molar-refractivity contribution in [2.24, 2.45) is 0 Å². The van der Waals surface area contributed by atoms with Crippen LogP contribution >= 0.6 is 0 Å². The molecule has 0 spiro atoms. The van der Waals surface area contributed by atoms with Crippen LogP contribution in [0.1, 0.15) is 22.8 Å². The molecular weight excluding hydrogens is 416 g/mol. The molecule has 1 amide bonds. The minimum Gasteiger partial charge on any atom is -0.497 e. The molecule has 6 nitrogen and oxygen atoms in total. The molecule has 0 fully saturated rings. The van der Waals surface area contributed by atoms with Gasteiger partial charge in [0.2, 0.25) is 0 Å². The van der Waals surface area contributed by atoms with Crippen LogP contribution in [-0.4, -0.2) is 31.7 Å². The maximum atomic E-state index is 12.9. The van der Waals surface area contributed by atoms with E-state index in [1.807, 2.05) is 73.7 Å². The molecule has 0 aliphatic carbocycles. The Labute approximate surface area is 193 Å². The molecule has 168 valence electrons. The molecule has 0 aliphatic rings. The second-order valence-electron chi connectivity index (χ2n) is 7.40. The highest BCUT2D eigenvalue weighted by molar-refractivity contribution is 5.99. The fraction of sp³-hybridized carbons (Fsp3) is 0.185. The molecule has 1 N–H and O–H groups in total. The number of methoxy groups -OCH3 is 2. The van der Waals surface area contributed by atoms with Gasteiger partial charge in [-0.05, 0) is 43.3 Å². The smallest absolute Gasteiger partial charge is 0.251 e. The predicted octanol–water partition coefficient (Wildman–Crippen LogP) is 5.25. The van der Waals surface area contributed by atoms with Gasteiger partial charge < -0.3 is 19.5 Å². The van der Waals surface area contributed by atoms with Crippen molar-refractivity contribution in [3.8, 4) is 28.5 Å². The van der Waals surface area contributed by atoms with Crippen LogP contribution in [0.2, 0.25) is 0 Å². The summed E-state index contributed by atoms with van der Waals surface area (Å²) in [6, 6.07) is 22.7. The quantitative estimate of drug-likeness (QED) is 0.404. The number of fused-ring (bicyclic) bond motifs is 1. The fourth-order valence-electron chi connectivity index (χ4n) is 3.67. The SMILES string of the molecule is CCOc1cc(-c2cccc(OC)c2)nc2ccc(C(=O)NCc3ccccc3OC)cc12. The van der Waals surface area contributed by atoms with Crippen molar-refractivity contribution >= 4 is 16.8 Å². The number of pyridine rings is 1. The summed E-state index contributed by atoms with van der Waals surface area (Å²) in [5.41, 5.74) is 3.90. The first-order valence-electron chi connectivity index (χ1n) is 10.7. The van der Waals surface area contributed by atoms with Crippen LogP contribution in [-0.2, 0) is 6.54 Å². The third-order valence-corrected chi connectivity index (χ3v) is 5.33. The number of carbonyl (C=O) groups is 1. The summed E-state index contributed by atoms with van der Waals surface area (Å²) in [5, 5.41) is 3.75. The van der Waals surface area contributed by atoms with E-state index in [-0.39, 0.29) is 5.91 Å². The average molecular weight is 443 g/mol. The molecule has 4 rings (SSSR count). The first-order valence-corrected chi connectivity index (χ1v) is 10.7. The summed E-state index contributed by atoms with van der Waals surface area (Å²) in [6.45, 7) is 2.80. The molecule has 6 heteroatoms. The lowest BCUT2D eigenvalue weighted by Crippen LogP contribution is -2.23. The van der Waals surface area contributed by atoms with Crippen molar-refractivity contribution in [2.75, 3.05) is 20.8 Å². The number of para-hydroxylation sites is 1. The highest BCUT2D eigenvalue weighted by Gasteiger charge is 2.13. The van der Waals surface area contributed by atoms with Crippen LogP contribution in [0.3, 0.4) is 0 Å². The van der Waals surface area contributed by atoms with E-state index in [2.05, 4.69) is 5.32 Å². The lowest BCUT2D eigenvalue weighted by atomic mass is 10.1. The van der Waals surface area contributed by atoms with E-state index >= 15 is 0 Å². The third kappa shape index (κ3) is 4.90. The zero-order chi connectivity index (χ0) is 23.2. The van der Waals surface area contributed by atoms with Gasteiger partial charge in [-0.3, -0.25) is 4.79 Å². The van der Waals surface area contributed by atoms with E-state index < -0.39 is 0 Å². The van der Waals surface area contributed by atoms with E-state index in [0.29, 0.717) is 24.5 Å². The van der Waals surface area contributed by atoms with Crippen molar-refractivity contribution in [1.29, 1.82) is 0 Å². The lowest BCUT2D eigenvalue weighted by Gasteiger charge is -2.13. The summed E-state index contributed by atoms with van der Waals surface area (Å²) in [5.74, 6) is 2.00. The fourth-order valence-corrected chi connectivity index (χ4v) is 3.67. The Bertz CT molecular complexity index is 1290. The third-order valence-electron chi connectivity index (χ3n) is 5.33. The van der Waals surface area contributed by atoms with Gasteiger partial charge in [-0.15, -0.1) is 0 Å². The van der Waals surface area contributed by atoms with Crippen molar-refractivity contribution < 1.29 is 19.0 Å². The molecular formula is C27H26N2O4. The topological polar surface area (TPSA) is 69.7 Å². The molecule has 1 aromatic heterocycles. The molecule has 4 aromatic rings. The summed E-state index contributed by atoms with van der Waals surface area (Å²) in [6.07, 6.45) is 0. The van der Waals surface area contributed by atoms with Crippen LogP contribution < -0.4 is 19.5 Å². The lowest BCUT2D eigenvalue weighted by molar-refractivity contribution is 0.0951. The van der Waals surface area contributed by atoms with Gasteiger partial charge in [-0.2, -0.15) is 0 Å². The zero-order valence-corrected chi connectivity index (χ0v) is 18.9. The molecule has 0 aliphatic heterocycles. The van der Waals surface area contributed by atoms with Crippen molar-refractivity contribution in [3.05, 3.63) is 83.9 Å². The van der Waals surface area contributed by atoms with Crippen molar-refractivity contribution in [3.63, 3.8) is 0 Å². The van der Waals surface area contributed by atoms with Crippen LogP contribution in [0.25, 0.3) is 22.2 Å². The van der Waals surface area contributed by atoms with Gasteiger partial charge in [0.05, 0.1) is 32.0 Å². The number of hydrogen-bond acceptors (Lipinski definition) is 5. The Hall–Kier alpha value is -4.06. The van der Waals surface area contributed by atoms with Crippen LogP contribution in [0.15, 0.2) is 72.8 Å². The molecule has 0 saturated carbocycles. The minimum absolute atomic E-state index is 0.179. The van der Waals surface area contributed by atoms with E-state index in [4.69, 9.17) is 19.2 Å². The summed E-state index contributed by atoms with van der Waals surface area (Å²) >= 11 is 0. The molecule has 0 radical (unpaired) electrons. The number of nitrogens with zero attached hydrogens (tertiary/aromatic N) is 1. The Morgan fingerprint density at radius 3 is 2.55 bits per heavy atom. The largest absolute Gasteiger partial charge is 0.497 e. The normalized spacial score (nSPS) is 10.6. The van der Waals surface area contributed by atoms with E-state index in [1.165, 1.54) is 0 Å². The molecule has 0 saturated heterocycles. The first-order chi connectivity index (χ1) is 16.1. The average Bonchev–Trinajstić information content (AvgIpc) is 2.87. The second kappa shape index (κ2) is 10.0. The number of amides is 1. The highest BCUT2D eigenvalue weighted by Crippen LogP contribution is 2.32. The molecule has 3 aromatic carbocycles. The molecule has 0 bridgehead atoms. The first kappa shape index (κ1) is 22.1.